The molecule has 0 bridgehead atoms. The summed E-state index contributed by atoms with van der Waals surface area (Å²) in [6.45, 7) is 7.54. The highest BCUT2D eigenvalue weighted by Crippen LogP contribution is 2.08. The third kappa shape index (κ3) is 9.63. The lowest BCUT2D eigenvalue weighted by Gasteiger charge is -2.24. The summed E-state index contributed by atoms with van der Waals surface area (Å²) in [6.07, 6.45) is 1.08. The number of H-pyrrole nitrogens is 1. The van der Waals surface area contributed by atoms with Crippen LogP contribution in [0, 0.1) is 6.92 Å². The van der Waals surface area contributed by atoms with Crippen molar-refractivity contribution in [3.63, 3.8) is 0 Å². The minimum Gasteiger partial charge on any atom is -0.445 e. The van der Waals surface area contributed by atoms with E-state index in [4.69, 9.17) is 9.47 Å². The number of nitrogens with one attached hydrogen (secondary N) is 3. The van der Waals surface area contributed by atoms with Crippen molar-refractivity contribution < 1.29 is 19.1 Å². The van der Waals surface area contributed by atoms with Crippen LogP contribution in [0.1, 0.15) is 44.7 Å². The van der Waals surface area contributed by atoms with Gasteiger partial charge in [-0.3, -0.25) is 9.78 Å². The monoisotopic (exact) mass is 460 g/mol. The summed E-state index contributed by atoms with van der Waals surface area (Å²) in [5.74, 6) is 0. The van der Waals surface area contributed by atoms with Crippen LogP contribution in [0.4, 0.5) is 9.59 Å². The van der Waals surface area contributed by atoms with Gasteiger partial charge in [0.25, 0.3) is 5.56 Å². The number of aromatic nitrogens is 2. The molecule has 2 amide bonds. The highest BCUT2D eigenvalue weighted by atomic mass is 16.6. The van der Waals surface area contributed by atoms with Crippen LogP contribution in [0.2, 0.25) is 0 Å². The predicted molar refractivity (Wildman–Crippen MR) is 123 cm³/mol. The molecule has 0 spiro atoms. The summed E-state index contributed by atoms with van der Waals surface area (Å²) in [5, 5.41) is 5.44. The first-order chi connectivity index (χ1) is 15.5. The summed E-state index contributed by atoms with van der Waals surface area (Å²) >= 11 is 0. The van der Waals surface area contributed by atoms with E-state index < -0.39 is 35.1 Å². The van der Waals surface area contributed by atoms with Gasteiger partial charge in [0.2, 0.25) is 0 Å². The number of aromatic amines is 1. The number of ether oxygens (including phenoxy) is 2. The number of hydrogen-bond donors (Lipinski definition) is 3. The molecule has 1 aromatic heterocycles. The highest BCUT2D eigenvalue weighted by Gasteiger charge is 2.20. The molecule has 1 atom stereocenters. The van der Waals surface area contributed by atoms with Crippen molar-refractivity contribution in [1.29, 1.82) is 0 Å². The molecular weight excluding hydrogens is 428 g/mol. The zero-order chi connectivity index (χ0) is 24.4. The second-order valence-electron chi connectivity index (χ2n) is 8.67. The van der Waals surface area contributed by atoms with E-state index in [9.17, 15) is 19.2 Å². The Morgan fingerprint density at radius 2 is 1.79 bits per heavy atom. The lowest BCUT2D eigenvalue weighted by molar-refractivity contribution is 0.0498. The lowest BCUT2D eigenvalue weighted by Crippen LogP contribution is -2.42. The van der Waals surface area contributed by atoms with Crippen LogP contribution in [0.25, 0.3) is 0 Å². The average Bonchev–Trinajstić information content (AvgIpc) is 2.73. The van der Waals surface area contributed by atoms with Gasteiger partial charge in [0.15, 0.2) is 0 Å². The molecule has 10 heteroatoms. The first-order valence-corrected chi connectivity index (χ1v) is 10.8. The molecule has 2 rings (SSSR count). The minimum atomic E-state index is -0.666. The fourth-order valence-corrected chi connectivity index (χ4v) is 2.97. The van der Waals surface area contributed by atoms with E-state index in [1.165, 1.54) is 10.8 Å². The normalized spacial score (nSPS) is 12.0. The van der Waals surface area contributed by atoms with Gasteiger partial charge in [0, 0.05) is 30.9 Å². The molecule has 0 aliphatic rings. The SMILES string of the molecule is Cc1cn(CC[C@@H](CCNC(=O)OCc2ccccc2)NC(=O)OC(C)(C)C)c(=O)[nH]c1=O. The van der Waals surface area contributed by atoms with E-state index in [-0.39, 0.29) is 19.7 Å². The molecule has 2 aromatic rings. The van der Waals surface area contributed by atoms with Gasteiger partial charge in [-0.25, -0.2) is 14.4 Å². The molecule has 0 fully saturated rings. The predicted octanol–water partition coefficient (Wildman–Crippen LogP) is 2.44. The van der Waals surface area contributed by atoms with Crippen molar-refractivity contribution >= 4 is 12.2 Å². The summed E-state index contributed by atoms with van der Waals surface area (Å²) in [6, 6.07) is 8.91. The van der Waals surface area contributed by atoms with Crippen molar-refractivity contribution in [2.45, 2.75) is 65.3 Å². The molecule has 3 N–H and O–H groups in total. The molecule has 33 heavy (non-hydrogen) atoms. The molecule has 180 valence electrons. The van der Waals surface area contributed by atoms with Crippen molar-refractivity contribution in [1.82, 2.24) is 20.2 Å². The van der Waals surface area contributed by atoms with E-state index in [2.05, 4.69) is 15.6 Å². The Bertz CT molecular complexity index is 1040. The summed E-state index contributed by atoms with van der Waals surface area (Å²) in [4.78, 5) is 50.1. The molecule has 1 aromatic carbocycles. The van der Waals surface area contributed by atoms with Crippen molar-refractivity contribution in [2.75, 3.05) is 6.54 Å². The Balaban J connectivity index is 1.92. The second-order valence-corrected chi connectivity index (χ2v) is 8.67. The largest absolute Gasteiger partial charge is 0.445 e. The molecule has 0 radical (unpaired) electrons. The maximum absolute atomic E-state index is 12.2. The van der Waals surface area contributed by atoms with Crippen LogP contribution < -0.4 is 21.9 Å². The van der Waals surface area contributed by atoms with E-state index in [1.807, 2.05) is 30.3 Å². The number of carbonyl (C=O) groups is 2. The number of aryl methyl sites for hydroxylation is 2. The lowest BCUT2D eigenvalue weighted by atomic mass is 10.1. The number of hydrogen-bond acceptors (Lipinski definition) is 6. The second kappa shape index (κ2) is 11.9. The molecule has 0 unspecified atom stereocenters. The topological polar surface area (TPSA) is 132 Å². The van der Waals surface area contributed by atoms with Gasteiger partial charge in [-0.05, 0) is 46.1 Å². The summed E-state index contributed by atoms with van der Waals surface area (Å²) < 4.78 is 11.9. The third-order valence-electron chi connectivity index (χ3n) is 4.60. The minimum absolute atomic E-state index is 0.154. The third-order valence-corrected chi connectivity index (χ3v) is 4.60. The molecule has 0 aliphatic heterocycles. The Morgan fingerprint density at radius 3 is 2.45 bits per heavy atom. The maximum atomic E-state index is 12.2. The number of carbonyl (C=O) groups excluding carboxylic acids is 2. The summed E-state index contributed by atoms with van der Waals surface area (Å²) in [7, 11) is 0. The van der Waals surface area contributed by atoms with Crippen LogP contribution in [-0.2, 0) is 22.6 Å². The Morgan fingerprint density at radius 1 is 1.09 bits per heavy atom. The zero-order valence-corrected chi connectivity index (χ0v) is 19.5. The first kappa shape index (κ1) is 25.7. The van der Waals surface area contributed by atoms with Crippen LogP contribution in [-0.4, -0.2) is 39.9 Å². The number of rotatable bonds is 9. The fraction of sp³-hybridized carbons (Fsp3) is 0.478. The number of benzene rings is 1. The smallest absolute Gasteiger partial charge is 0.407 e. The Kier molecular flexibility index (Phi) is 9.26. The average molecular weight is 461 g/mol. The van der Waals surface area contributed by atoms with E-state index in [1.54, 1.807) is 27.7 Å². The quantitative estimate of drug-likeness (QED) is 0.527. The van der Waals surface area contributed by atoms with Gasteiger partial charge < -0.3 is 24.7 Å². The molecular formula is C23H32N4O6. The van der Waals surface area contributed by atoms with Crippen LogP contribution in [0.3, 0.4) is 0 Å². The molecule has 0 aliphatic carbocycles. The van der Waals surface area contributed by atoms with Gasteiger partial charge in [0.05, 0.1) is 0 Å². The maximum Gasteiger partial charge on any atom is 0.407 e. The van der Waals surface area contributed by atoms with Gasteiger partial charge in [-0.2, -0.15) is 0 Å². The van der Waals surface area contributed by atoms with Crippen LogP contribution in [0.15, 0.2) is 46.1 Å². The van der Waals surface area contributed by atoms with Crippen molar-refractivity contribution in [3.8, 4) is 0 Å². The van der Waals surface area contributed by atoms with Crippen molar-refractivity contribution in [3.05, 3.63) is 68.5 Å². The van der Waals surface area contributed by atoms with Crippen LogP contribution in [0.5, 0.6) is 0 Å². The van der Waals surface area contributed by atoms with Gasteiger partial charge in [0.1, 0.15) is 12.2 Å². The van der Waals surface area contributed by atoms with Gasteiger partial charge >= 0.3 is 17.9 Å². The number of amides is 2. The fourth-order valence-electron chi connectivity index (χ4n) is 2.97. The van der Waals surface area contributed by atoms with E-state index in [0.717, 1.165) is 5.56 Å². The number of nitrogens with zero attached hydrogens (tertiary/aromatic N) is 1. The Labute approximate surface area is 192 Å². The molecule has 0 saturated heterocycles. The van der Waals surface area contributed by atoms with E-state index in [0.29, 0.717) is 18.4 Å². The standard InChI is InChI=1S/C23H32N4O6/c1-16-14-27(20(29)26-19(16)28)13-11-18(25-22(31)33-23(2,3)4)10-12-24-21(30)32-15-17-8-6-5-7-9-17/h5-9,14,18H,10-13,15H2,1-4H3,(H,24,30)(H,25,31)(H,26,28,29)/t18-/m1/s1. The molecule has 0 saturated carbocycles. The highest BCUT2D eigenvalue weighted by molar-refractivity contribution is 5.68. The van der Waals surface area contributed by atoms with Gasteiger partial charge in [-0.15, -0.1) is 0 Å². The van der Waals surface area contributed by atoms with Crippen molar-refractivity contribution in [2.24, 2.45) is 0 Å². The van der Waals surface area contributed by atoms with Crippen LogP contribution >= 0.6 is 0 Å². The zero-order valence-electron chi connectivity index (χ0n) is 19.5. The summed E-state index contributed by atoms with van der Waals surface area (Å²) in [5.41, 5.74) is -0.337. The molecule has 1 heterocycles. The molecule has 10 nitrogen and oxygen atoms in total. The van der Waals surface area contributed by atoms with Gasteiger partial charge in [-0.1, -0.05) is 30.3 Å². The number of alkyl carbamates (subject to hydrolysis) is 2. The van der Waals surface area contributed by atoms with E-state index >= 15 is 0 Å². The Hall–Kier alpha value is -3.56. The first-order valence-electron chi connectivity index (χ1n) is 10.8.